The van der Waals surface area contributed by atoms with Crippen molar-refractivity contribution in [3.05, 3.63) is 12.2 Å². The Morgan fingerprint density at radius 1 is 0.500 bits per heavy atom. The van der Waals surface area contributed by atoms with Crippen LogP contribution in [0.15, 0.2) is 12.2 Å². The zero-order valence-electron chi connectivity index (χ0n) is 38.7. The topological polar surface area (TPSA) is 111 Å². The molecule has 0 saturated carbocycles. The summed E-state index contributed by atoms with van der Waals surface area (Å²) in [6, 6.07) is 0. The smallest absolute Gasteiger partial charge is 0.306 e. The molecule has 0 aromatic carbocycles. The Kier molecular flexibility index (Phi) is 40.3. The molecule has 9 heteroatoms. The van der Waals surface area contributed by atoms with Gasteiger partial charge in [0, 0.05) is 12.8 Å². The van der Waals surface area contributed by atoms with Gasteiger partial charge in [0.05, 0.1) is 40.3 Å². The Balaban J connectivity index is 4.05. The molecular formula is C49H93NO8. The van der Waals surface area contributed by atoms with Crippen molar-refractivity contribution in [3.63, 3.8) is 0 Å². The molecule has 0 N–H and O–H groups in total. The molecule has 0 spiro atoms. The summed E-state index contributed by atoms with van der Waals surface area (Å²) in [4.78, 5) is 36.7. The van der Waals surface area contributed by atoms with Gasteiger partial charge in [0.2, 0.25) is 0 Å². The van der Waals surface area contributed by atoms with E-state index in [0.29, 0.717) is 17.4 Å². The molecule has 0 aliphatic rings. The Bertz CT molecular complexity index is 965. The van der Waals surface area contributed by atoms with Gasteiger partial charge >= 0.3 is 11.9 Å². The molecule has 9 nitrogen and oxygen atoms in total. The normalized spacial score (nSPS) is 12.9. The first-order valence-corrected chi connectivity index (χ1v) is 24.3. The second-order valence-electron chi connectivity index (χ2n) is 17.8. The van der Waals surface area contributed by atoms with Gasteiger partial charge in [-0.15, -0.1) is 0 Å². The molecule has 0 amide bonds. The predicted octanol–water partition coefficient (Wildman–Crippen LogP) is 11.7. The van der Waals surface area contributed by atoms with Gasteiger partial charge in [-0.05, 0) is 38.5 Å². The zero-order valence-corrected chi connectivity index (χ0v) is 38.7. The summed E-state index contributed by atoms with van der Waals surface area (Å²) in [6.45, 7) is 4.69. The Labute approximate surface area is 357 Å². The van der Waals surface area contributed by atoms with E-state index in [4.69, 9.17) is 18.9 Å². The molecule has 0 heterocycles. The number of aliphatic carboxylic acids is 1. The van der Waals surface area contributed by atoms with E-state index in [1.54, 1.807) is 0 Å². The average molecular weight is 824 g/mol. The molecule has 0 saturated heterocycles. The summed E-state index contributed by atoms with van der Waals surface area (Å²) in [5.41, 5.74) is 0. The van der Waals surface area contributed by atoms with Gasteiger partial charge in [0.1, 0.15) is 13.2 Å². The molecule has 0 bridgehead atoms. The van der Waals surface area contributed by atoms with Gasteiger partial charge in [-0.3, -0.25) is 9.59 Å². The molecular weight excluding hydrogens is 731 g/mol. The number of carboxylic acids is 1. The summed E-state index contributed by atoms with van der Waals surface area (Å²) in [7, 11) is 5.91. The predicted molar refractivity (Wildman–Crippen MR) is 237 cm³/mol. The lowest BCUT2D eigenvalue weighted by Gasteiger charge is -2.26. The molecule has 58 heavy (non-hydrogen) atoms. The molecule has 0 fully saturated rings. The number of hydrogen-bond acceptors (Lipinski definition) is 8. The highest BCUT2D eigenvalue weighted by Crippen LogP contribution is 2.16. The maximum Gasteiger partial charge on any atom is 0.306 e. The standard InChI is InChI=1S/C49H93NO8/c1-6-8-10-12-14-15-16-17-18-19-20-21-22-23-24-25-26-27-28-29-30-31-32-33-34-36-38-40-47(52)58-45(43-56-46(51)39-37-35-13-11-9-7-2)44-57-49(48(53)54)55-42-41-50(3,4)5/h19-20,45,49H,6-18,21-44H2,1-5H3/b20-19-. The number of hydrogen-bond donors (Lipinski definition) is 0. The van der Waals surface area contributed by atoms with Crippen LogP contribution >= 0.6 is 0 Å². The van der Waals surface area contributed by atoms with Gasteiger partial charge in [0.15, 0.2) is 12.4 Å². The number of likely N-dealkylation sites (N-methyl/N-ethyl adjacent to an activating group) is 1. The van der Waals surface area contributed by atoms with E-state index in [1.807, 2.05) is 21.1 Å². The van der Waals surface area contributed by atoms with Gasteiger partial charge in [-0.25, -0.2) is 0 Å². The fraction of sp³-hybridized carbons (Fsp3) is 0.898. The van der Waals surface area contributed by atoms with E-state index in [2.05, 4.69) is 26.0 Å². The quantitative estimate of drug-likeness (QED) is 0.0196. The summed E-state index contributed by atoms with van der Waals surface area (Å²) < 4.78 is 22.4. The van der Waals surface area contributed by atoms with Crippen molar-refractivity contribution in [1.29, 1.82) is 0 Å². The number of unbranched alkanes of at least 4 members (excludes halogenated alkanes) is 28. The van der Waals surface area contributed by atoms with E-state index >= 15 is 0 Å². The number of nitrogens with zero attached hydrogens (tertiary/aromatic N) is 1. The maximum atomic E-state index is 12.7. The van der Waals surface area contributed by atoms with Crippen LogP contribution in [-0.4, -0.2) is 82.3 Å². The highest BCUT2D eigenvalue weighted by Gasteiger charge is 2.21. The zero-order chi connectivity index (χ0) is 42.8. The van der Waals surface area contributed by atoms with Crippen LogP contribution in [0.4, 0.5) is 0 Å². The van der Waals surface area contributed by atoms with Gasteiger partial charge in [0.25, 0.3) is 0 Å². The molecule has 2 unspecified atom stereocenters. The van der Waals surface area contributed by atoms with Crippen molar-refractivity contribution in [2.45, 2.75) is 238 Å². The van der Waals surface area contributed by atoms with Crippen LogP contribution in [-0.2, 0) is 33.3 Å². The second-order valence-corrected chi connectivity index (χ2v) is 17.8. The fourth-order valence-electron chi connectivity index (χ4n) is 6.94. The van der Waals surface area contributed by atoms with Crippen molar-refractivity contribution in [2.75, 3.05) is 47.5 Å². The van der Waals surface area contributed by atoms with Gasteiger partial charge in [-0.1, -0.05) is 187 Å². The highest BCUT2D eigenvalue weighted by atomic mass is 16.7. The monoisotopic (exact) mass is 824 g/mol. The number of quaternary nitrogens is 1. The maximum absolute atomic E-state index is 12.7. The minimum atomic E-state index is -1.61. The summed E-state index contributed by atoms with van der Waals surface area (Å²) in [6.07, 6.45) is 41.5. The lowest BCUT2D eigenvalue weighted by atomic mass is 10.0. The minimum Gasteiger partial charge on any atom is -0.545 e. The van der Waals surface area contributed by atoms with Crippen LogP contribution in [0.25, 0.3) is 0 Å². The van der Waals surface area contributed by atoms with Crippen molar-refractivity contribution in [3.8, 4) is 0 Å². The number of carbonyl (C=O) groups is 3. The lowest BCUT2D eigenvalue weighted by molar-refractivity contribution is -0.870. The first-order chi connectivity index (χ1) is 28.1. The third kappa shape index (κ3) is 42.2. The molecule has 2 atom stereocenters. The second kappa shape index (κ2) is 41.8. The van der Waals surface area contributed by atoms with Crippen LogP contribution in [0.3, 0.4) is 0 Å². The summed E-state index contributed by atoms with van der Waals surface area (Å²) in [5, 5.41) is 11.6. The van der Waals surface area contributed by atoms with Crippen molar-refractivity contribution in [1.82, 2.24) is 0 Å². The Morgan fingerprint density at radius 3 is 1.28 bits per heavy atom. The Hall–Kier alpha value is -1.97. The molecule has 0 aliphatic carbocycles. The number of ether oxygens (including phenoxy) is 4. The molecule has 0 aliphatic heterocycles. The van der Waals surface area contributed by atoms with Gasteiger partial charge < -0.3 is 33.3 Å². The Morgan fingerprint density at radius 2 is 0.879 bits per heavy atom. The van der Waals surface area contributed by atoms with E-state index < -0.39 is 24.3 Å². The highest BCUT2D eigenvalue weighted by molar-refractivity contribution is 5.70. The van der Waals surface area contributed by atoms with Gasteiger partial charge in [-0.2, -0.15) is 0 Å². The fourth-order valence-corrected chi connectivity index (χ4v) is 6.94. The van der Waals surface area contributed by atoms with Crippen LogP contribution in [0.5, 0.6) is 0 Å². The number of esters is 2. The first kappa shape index (κ1) is 56.0. The van der Waals surface area contributed by atoms with Crippen LogP contribution < -0.4 is 5.11 Å². The minimum absolute atomic E-state index is 0.151. The van der Waals surface area contributed by atoms with Crippen molar-refractivity contribution >= 4 is 17.9 Å². The van der Waals surface area contributed by atoms with E-state index in [1.165, 1.54) is 154 Å². The SMILES string of the molecule is CCCCCCCCCC/C=C\CCCCCCCCCCCCCCCCCC(=O)OC(COC(=O)CCCCCCCC)COC(OCC[N+](C)(C)C)C(=O)[O-]. The number of allylic oxidation sites excluding steroid dienone is 2. The average Bonchev–Trinajstić information content (AvgIpc) is 3.18. The summed E-state index contributed by atoms with van der Waals surface area (Å²) in [5.74, 6) is -2.28. The molecule has 0 aromatic rings. The van der Waals surface area contributed by atoms with Crippen LogP contribution in [0.2, 0.25) is 0 Å². The third-order valence-corrected chi connectivity index (χ3v) is 10.8. The number of rotatable bonds is 45. The van der Waals surface area contributed by atoms with Crippen LogP contribution in [0, 0.1) is 0 Å². The molecule has 342 valence electrons. The molecule has 0 rings (SSSR count). The number of carbonyl (C=O) groups excluding carboxylic acids is 3. The van der Waals surface area contributed by atoms with E-state index in [9.17, 15) is 19.5 Å². The molecule has 0 radical (unpaired) electrons. The molecule has 0 aromatic heterocycles. The number of carboxylic acid groups (broad SMARTS) is 1. The summed E-state index contributed by atoms with van der Waals surface area (Å²) >= 11 is 0. The van der Waals surface area contributed by atoms with E-state index in [0.717, 1.165) is 44.9 Å². The largest absolute Gasteiger partial charge is 0.545 e. The van der Waals surface area contributed by atoms with E-state index in [-0.39, 0.29) is 32.2 Å². The van der Waals surface area contributed by atoms with Crippen molar-refractivity contribution in [2.24, 2.45) is 0 Å². The first-order valence-electron chi connectivity index (χ1n) is 24.3. The third-order valence-electron chi connectivity index (χ3n) is 10.8. The van der Waals surface area contributed by atoms with Crippen LogP contribution in [0.1, 0.15) is 226 Å². The van der Waals surface area contributed by atoms with Crippen molar-refractivity contribution < 1.29 is 42.9 Å². The lowest BCUT2D eigenvalue weighted by Crippen LogP contribution is -2.44.